The summed E-state index contributed by atoms with van der Waals surface area (Å²) in [6.07, 6.45) is 1.03. The van der Waals surface area contributed by atoms with Crippen LogP contribution in [0.15, 0.2) is 42.5 Å². The minimum atomic E-state index is -0.414. The van der Waals surface area contributed by atoms with E-state index >= 15 is 0 Å². The minimum absolute atomic E-state index is 0.000226. The van der Waals surface area contributed by atoms with Gasteiger partial charge in [0, 0.05) is 43.0 Å². The molecular weight excluding hydrogens is 462 g/mol. The molecule has 3 aromatic rings. The number of carbonyl (C=O) groups excluding carboxylic acids is 2. The van der Waals surface area contributed by atoms with Gasteiger partial charge in [-0.15, -0.1) is 11.3 Å². The standard InChI is InChI=1S/C27H27N3O4S/c1-16-25(35-17(2)29-16)26(32)30-12-21-20-7-4-8-22-24(20)33-15-27(21,14-30)13-28-23(31)10-9-18-5-3-6-19(11-18)34-22/h3-8,11,21H,9-10,12-15H2,1-2H3,(H,28,31)/t21-,27+/m1/s1. The first-order valence-corrected chi connectivity index (χ1v) is 12.8. The molecule has 6 rings (SSSR count). The van der Waals surface area contributed by atoms with Gasteiger partial charge in [-0.2, -0.15) is 0 Å². The van der Waals surface area contributed by atoms with Crippen molar-refractivity contribution in [3.8, 4) is 17.2 Å². The summed E-state index contributed by atoms with van der Waals surface area (Å²) in [5, 5.41) is 4.05. The second-order valence-corrected chi connectivity index (χ2v) is 10.9. The maximum Gasteiger partial charge on any atom is 0.265 e. The van der Waals surface area contributed by atoms with Crippen LogP contribution in [0.5, 0.6) is 17.2 Å². The third-order valence-corrected chi connectivity index (χ3v) is 8.39. The molecule has 2 atom stereocenters. The molecule has 35 heavy (non-hydrogen) atoms. The van der Waals surface area contributed by atoms with E-state index in [-0.39, 0.29) is 17.7 Å². The average Bonchev–Trinajstić information content (AvgIpc) is 3.41. The summed E-state index contributed by atoms with van der Waals surface area (Å²) < 4.78 is 12.6. The number of ether oxygens (including phenoxy) is 2. The Morgan fingerprint density at radius 2 is 2.06 bits per heavy atom. The predicted octanol–water partition coefficient (Wildman–Crippen LogP) is 4.23. The third-order valence-electron chi connectivity index (χ3n) is 7.33. The van der Waals surface area contributed by atoms with Crippen LogP contribution in [0.1, 0.15) is 43.8 Å². The highest BCUT2D eigenvalue weighted by Gasteiger charge is 2.53. The molecule has 0 radical (unpaired) electrons. The van der Waals surface area contributed by atoms with Crippen LogP contribution in [0.3, 0.4) is 0 Å². The fourth-order valence-electron chi connectivity index (χ4n) is 5.57. The molecule has 1 saturated heterocycles. The van der Waals surface area contributed by atoms with Crippen LogP contribution >= 0.6 is 11.3 Å². The van der Waals surface area contributed by atoms with Crippen molar-refractivity contribution in [2.45, 2.75) is 32.6 Å². The number of benzene rings is 2. The lowest BCUT2D eigenvalue weighted by Crippen LogP contribution is -2.48. The summed E-state index contributed by atoms with van der Waals surface area (Å²) in [6, 6.07) is 13.8. The predicted molar refractivity (Wildman–Crippen MR) is 132 cm³/mol. The summed E-state index contributed by atoms with van der Waals surface area (Å²) in [4.78, 5) is 33.4. The number of para-hydroxylation sites is 1. The molecule has 1 fully saturated rings. The van der Waals surface area contributed by atoms with Crippen molar-refractivity contribution in [1.29, 1.82) is 0 Å². The number of aryl methyl sites for hydroxylation is 3. The van der Waals surface area contributed by atoms with Gasteiger partial charge in [0.2, 0.25) is 5.91 Å². The fourth-order valence-corrected chi connectivity index (χ4v) is 6.46. The number of fused-ring (bicyclic) bond motifs is 4. The van der Waals surface area contributed by atoms with Crippen LogP contribution in [-0.4, -0.2) is 47.9 Å². The van der Waals surface area contributed by atoms with Crippen molar-refractivity contribution in [3.05, 3.63) is 69.2 Å². The molecule has 4 heterocycles. The van der Waals surface area contributed by atoms with Crippen LogP contribution in [0, 0.1) is 19.3 Å². The van der Waals surface area contributed by atoms with Gasteiger partial charge < -0.3 is 19.7 Å². The van der Waals surface area contributed by atoms with Crippen LogP contribution < -0.4 is 14.8 Å². The van der Waals surface area contributed by atoms with Gasteiger partial charge in [0.1, 0.15) is 10.6 Å². The summed E-state index contributed by atoms with van der Waals surface area (Å²) in [7, 11) is 0. The number of thiazole rings is 1. The van der Waals surface area contributed by atoms with Gasteiger partial charge in [0.15, 0.2) is 11.5 Å². The molecule has 1 aromatic heterocycles. The van der Waals surface area contributed by atoms with E-state index < -0.39 is 5.41 Å². The number of rotatable bonds is 1. The monoisotopic (exact) mass is 489 g/mol. The molecule has 3 aliphatic rings. The average molecular weight is 490 g/mol. The number of aromatic nitrogens is 1. The van der Waals surface area contributed by atoms with Gasteiger partial charge in [-0.05, 0) is 44.0 Å². The Labute approximate surface area is 208 Å². The molecule has 4 bridgehead atoms. The zero-order chi connectivity index (χ0) is 24.2. The van der Waals surface area contributed by atoms with Gasteiger partial charge in [-0.1, -0.05) is 24.3 Å². The Balaban J connectivity index is 1.41. The molecule has 0 unspecified atom stereocenters. The molecule has 1 N–H and O–H groups in total. The van der Waals surface area contributed by atoms with Crippen molar-refractivity contribution < 1.29 is 19.1 Å². The van der Waals surface area contributed by atoms with E-state index in [9.17, 15) is 9.59 Å². The number of carbonyl (C=O) groups is 2. The second kappa shape index (κ2) is 8.37. The molecule has 3 aliphatic heterocycles. The lowest BCUT2D eigenvalue weighted by molar-refractivity contribution is -0.121. The van der Waals surface area contributed by atoms with Gasteiger partial charge in [-0.3, -0.25) is 9.59 Å². The molecule has 0 aliphatic carbocycles. The summed E-state index contributed by atoms with van der Waals surface area (Å²) in [5.41, 5.74) is 2.42. The number of amides is 2. The Bertz CT molecular complexity index is 1340. The number of nitrogens with zero attached hydrogens (tertiary/aromatic N) is 2. The highest BCUT2D eigenvalue weighted by molar-refractivity contribution is 7.13. The van der Waals surface area contributed by atoms with Crippen LogP contribution in [0.4, 0.5) is 0 Å². The third kappa shape index (κ3) is 3.86. The van der Waals surface area contributed by atoms with Crippen molar-refractivity contribution in [2.75, 3.05) is 26.2 Å². The first-order valence-electron chi connectivity index (χ1n) is 11.9. The van der Waals surface area contributed by atoms with Gasteiger partial charge in [0.05, 0.1) is 17.3 Å². The maximum absolute atomic E-state index is 13.5. The fraction of sp³-hybridized carbons (Fsp3) is 0.370. The first-order chi connectivity index (χ1) is 16.9. The van der Waals surface area contributed by atoms with E-state index in [0.717, 1.165) is 27.6 Å². The zero-order valence-electron chi connectivity index (χ0n) is 19.8. The Morgan fingerprint density at radius 3 is 2.89 bits per heavy atom. The SMILES string of the molecule is Cc1nc(C)c(C(=O)N2C[C@@H]3c4cccc5c4OC[C@]3(CNC(=O)CCc3cccc(c3)O5)C2)s1. The quantitative estimate of drug-likeness (QED) is 0.553. The maximum atomic E-state index is 13.5. The normalized spacial score (nSPS) is 23.1. The highest BCUT2D eigenvalue weighted by atomic mass is 32.1. The largest absolute Gasteiger partial charge is 0.489 e. The van der Waals surface area contributed by atoms with Crippen LogP contribution in [0.2, 0.25) is 0 Å². The molecule has 180 valence electrons. The smallest absolute Gasteiger partial charge is 0.265 e. The molecule has 0 saturated carbocycles. The first kappa shape index (κ1) is 22.1. The molecule has 2 aromatic carbocycles. The van der Waals surface area contributed by atoms with Gasteiger partial charge in [0.25, 0.3) is 5.91 Å². The van der Waals surface area contributed by atoms with Crippen LogP contribution in [-0.2, 0) is 11.2 Å². The molecule has 2 amide bonds. The van der Waals surface area contributed by atoms with E-state index in [0.29, 0.717) is 55.5 Å². The second-order valence-electron chi connectivity index (χ2n) is 9.74. The molecule has 7 nitrogen and oxygen atoms in total. The van der Waals surface area contributed by atoms with E-state index in [1.807, 2.05) is 55.1 Å². The lowest BCUT2D eigenvalue weighted by Gasteiger charge is -2.39. The Morgan fingerprint density at radius 1 is 1.20 bits per heavy atom. The van der Waals surface area contributed by atoms with Gasteiger partial charge >= 0.3 is 0 Å². The summed E-state index contributed by atoms with van der Waals surface area (Å²) in [5.74, 6) is 2.13. The number of hydrogen-bond acceptors (Lipinski definition) is 6. The molecule has 8 heteroatoms. The number of nitrogens with one attached hydrogen (secondary N) is 1. The van der Waals surface area contributed by atoms with E-state index in [2.05, 4.69) is 16.4 Å². The summed E-state index contributed by atoms with van der Waals surface area (Å²) >= 11 is 1.44. The van der Waals surface area contributed by atoms with Crippen molar-refractivity contribution in [1.82, 2.24) is 15.2 Å². The number of hydrogen-bond donors (Lipinski definition) is 1. The zero-order valence-corrected chi connectivity index (χ0v) is 20.6. The summed E-state index contributed by atoms with van der Waals surface area (Å²) in [6.45, 7) is 5.72. The highest BCUT2D eigenvalue weighted by Crippen LogP contribution is 2.52. The topological polar surface area (TPSA) is 80.8 Å². The van der Waals surface area contributed by atoms with Gasteiger partial charge in [-0.25, -0.2) is 4.98 Å². The van der Waals surface area contributed by atoms with Crippen molar-refractivity contribution in [2.24, 2.45) is 5.41 Å². The molecule has 1 spiro atoms. The van der Waals surface area contributed by atoms with Crippen molar-refractivity contribution in [3.63, 3.8) is 0 Å². The van der Waals surface area contributed by atoms with E-state index in [1.165, 1.54) is 11.3 Å². The lowest BCUT2D eigenvalue weighted by atomic mass is 9.73. The molecular formula is C27H27N3O4S. The Hall–Kier alpha value is -3.39. The minimum Gasteiger partial charge on any atom is -0.489 e. The number of likely N-dealkylation sites (tertiary alicyclic amines) is 1. The van der Waals surface area contributed by atoms with E-state index in [1.54, 1.807) is 0 Å². The van der Waals surface area contributed by atoms with Crippen LogP contribution in [0.25, 0.3) is 0 Å². The Kier molecular flexibility index (Phi) is 5.29. The van der Waals surface area contributed by atoms with E-state index in [4.69, 9.17) is 9.47 Å². The van der Waals surface area contributed by atoms with Crippen molar-refractivity contribution >= 4 is 23.2 Å².